The maximum absolute atomic E-state index is 12.5. The first-order valence-corrected chi connectivity index (χ1v) is 5.25. The lowest BCUT2D eigenvalue weighted by Gasteiger charge is -2.11. The Labute approximate surface area is 96.6 Å². The van der Waals surface area contributed by atoms with Crippen molar-refractivity contribution in [1.82, 2.24) is 0 Å². The number of ether oxygens (including phenoxy) is 1. The molecule has 17 heavy (non-hydrogen) atoms. The minimum atomic E-state index is -4.41. The number of benzene rings is 1. The molecule has 90 valence electrons. The van der Waals surface area contributed by atoms with E-state index in [2.05, 4.69) is 0 Å². The molecule has 0 amide bonds. The standard InChI is InChI=1S/C12H10F3NO/c13-12(14,15)10-4-3-9(6-16)11(5-10)17-7-8-1-2-8/h3-5,8H,1-2,7H2. The van der Waals surface area contributed by atoms with Gasteiger partial charge in [-0.05, 0) is 37.0 Å². The van der Waals surface area contributed by atoms with Crippen LogP contribution in [0.15, 0.2) is 18.2 Å². The van der Waals surface area contributed by atoms with Crippen LogP contribution in [0.4, 0.5) is 13.2 Å². The molecule has 1 aliphatic rings. The van der Waals surface area contributed by atoms with Crippen molar-refractivity contribution in [3.8, 4) is 11.8 Å². The number of rotatable bonds is 3. The summed E-state index contributed by atoms with van der Waals surface area (Å²) in [6.45, 7) is 0.385. The second kappa shape index (κ2) is 4.28. The van der Waals surface area contributed by atoms with Gasteiger partial charge in [0.1, 0.15) is 11.8 Å². The lowest BCUT2D eigenvalue weighted by atomic mass is 10.1. The van der Waals surface area contributed by atoms with Gasteiger partial charge < -0.3 is 4.74 Å². The fourth-order valence-corrected chi connectivity index (χ4v) is 1.40. The number of alkyl halides is 3. The number of nitriles is 1. The van der Waals surface area contributed by atoms with Gasteiger partial charge in [-0.2, -0.15) is 18.4 Å². The molecular weight excluding hydrogens is 231 g/mol. The summed E-state index contributed by atoms with van der Waals surface area (Å²) in [6.07, 6.45) is -2.33. The molecule has 1 aromatic rings. The monoisotopic (exact) mass is 241 g/mol. The molecule has 1 aromatic carbocycles. The summed E-state index contributed by atoms with van der Waals surface area (Å²) in [6, 6.07) is 4.75. The van der Waals surface area contributed by atoms with Crippen molar-refractivity contribution < 1.29 is 17.9 Å². The maximum atomic E-state index is 12.5. The molecule has 0 unspecified atom stereocenters. The van der Waals surface area contributed by atoms with Crippen LogP contribution < -0.4 is 4.74 Å². The zero-order valence-corrected chi connectivity index (χ0v) is 8.92. The first kappa shape index (κ1) is 11.8. The molecule has 0 aromatic heterocycles. The van der Waals surface area contributed by atoms with Crippen molar-refractivity contribution in [3.63, 3.8) is 0 Å². The zero-order valence-electron chi connectivity index (χ0n) is 8.92. The lowest BCUT2D eigenvalue weighted by Crippen LogP contribution is -2.07. The number of hydrogen-bond acceptors (Lipinski definition) is 2. The minimum absolute atomic E-state index is 0.0224. The Morgan fingerprint density at radius 3 is 2.59 bits per heavy atom. The van der Waals surface area contributed by atoms with Gasteiger partial charge in [0.15, 0.2) is 0 Å². The van der Waals surface area contributed by atoms with E-state index in [-0.39, 0.29) is 11.3 Å². The zero-order chi connectivity index (χ0) is 12.5. The second-order valence-electron chi connectivity index (χ2n) is 4.07. The molecule has 0 radical (unpaired) electrons. The van der Waals surface area contributed by atoms with Gasteiger partial charge in [-0.3, -0.25) is 0 Å². The van der Waals surface area contributed by atoms with Gasteiger partial charge in [-0.1, -0.05) is 0 Å². The summed E-state index contributed by atoms with van der Waals surface area (Å²) in [5.74, 6) is 0.449. The Kier molecular flexibility index (Phi) is 2.97. The molecule has 0 aliphatic heterocycles. The molecule has 2 rings (SSSR count). The molecule has 0 heterocycles. The molecule has 0 saturated heterocycles. The third-order valence-electron chi connectivity index (χ3n) is 2.60. The van der Waals surface area contributed by atoms with Crippen molar-refractivity contribution >= 4 is 0 Å². The van der Waals surface area contributed by atoms with Gasteiger partial charge in [0.05, 0.1) is 17.7 Å². The van der Waals surface area contributed by atoms with Crippen molar-refractivity contribution in [2.24, 2.45) is 5.92 Å². The van der Waals surface area contributed by atoms with E-state index >= 15 is 0 Å². The summed E-state index contributed by atoms with van der Waals surface area (Å²) in [5.41, 5.74) is -0.652. The van der Waals surface area contributed by atoms with E-state index in [4.69, 9.17) is 10.00 Å². The highest BCUT2D eigenvalue weighted by Crippen LogP contribution is 2.34. The Bertz CT molecular complexity index is 458. The van der Waals surface area contributed by atoms with Crippen LogP contribution in [0.1, 0.15) is 24.0 Å². The Morgan fingerprint density at radius 1 is 1.35 bits per heavy atom. The molecule has 0 spiro atoms. The fraction of sp³-hybridized carbons (Fsp3) is 0.417. The number of hydrogen-bond donors (Lipinski definition) is 0. The van der Waals surface area contributed by atoms with Crippen molar-refractivity contribution in [2.45, 2.75) is 19.0 Å². The van der Waals surface area contributed by atoms with Crippen LogP contribution in [0, 0.1) is 17.2 Å². The number of nitrogens with zero attached hydrogens (tertiary/aromatic N) is 1. The van der Waals surface area contributed by atoms with Crippen molar-refractivity contribution in [2.75, 3.05) is 6.61 Å². The van der Waals surface area contributed by atoms with Crippen LogP contribution in [0.2, 0.25) is 0 Å². The Hall–Kier alpha value is -1.70. The first-order chi connectivity index (χ1) is 8.00. The summed E-state index contributed by atoms with van der Waals surface area (Å²) in [7, 11) is 0. The third-order valence-corrected chi connectivity index (χ3v) is 2.60. The number of halogens is 3. The van der Waals surface area contributed by atoms with E-state index < -0.39 is 11.7 Å². The van der Waals surface area contributed by atoms with Crippen LogP contribution in [0.3, 0.4) is 0 Å². The second-order valence-corrected chi connectivity index (χ2v) is 4.07. The molecule has 0 atom stereocenters. The van der Waals surface area contributed by atoms with Crippen LogP contribution in [-0.4, -0.2) is 6.61 Å². The molecule has 1 fully saturated rings. The van der Waals surface area contributed by atoms with Gasteiger partial charge in [0.2, 0.25) is 0 Å². The lowest BCUT2D eigenvalue weighted by molar-refractivity contribution is -0.137. The average molecular weight is 241 g/mol. The summed E-state index contributed by atoms with van der Waals surface area (Å²) < 4.78 is 42.7. The molecular formula is C12H10F3NO. The van der Waals surface area contributed by atoms with Gasteiger partial charge in [-0.15, -0.1) is 0 Å². The molecule has 2 nitrogen and oxygen atoms in total. The molecule has 0 bridgehead atoms. The summed E-state index contributed by atoms with van der Waals surface area (Å²) in [4.78, 5) is 0. The summed E-state index contributed by atoms with van der Waals surface area (Å²) >= 11 is 0. The molecule has 5 heteroatoms. The van der Waals surface area contributed by atoms with Gasteiger partial charge in [0, 0.05) is 0 Å². The quantitative estimate of drug-likeness (QED) is 0.812. The van der Waals surface area contributed by atoms with Crippen LogP contribution >= 0.6 is 0 Å². The van der Waals surface area contributed by atoms with Crippen LogP contribution in [0.25, 0.3) is 0 Å². The van der Waals surface area contributed by atoms with Crippen molar-refractivity contribution in [1.29, 1.82) is 5.26 Å². The van der Waals surface area contributed by atoms with Gasteiger partial charge in [0.25, 0.3) is 0 Å². The predicted molar refractivity (Wildman–Crippen MR) is 54.4 cm³/mol. The maximum Gasteiger partial charge on any atom is 0.416 e. The van der Waals surface area contributed by atoms with E-state index in [1.54, 1.807) is 0 Å². The third kappa shape index (κ3) is 2.90. The van der Waals surface area contributed by atoms with E-state index in [0.717, 1.165) is 31.0 Å². The Balaban J connectivity index is 2.22. The highest BCUT2D eigenvalue weighted by Gasteiger charge is 2.31. The fourth-order valence-electron chi connectivity index (χ4n) is 1.40. The van der Waals surface area contributed by atoms with E-state index in [0.29, 0.717) is 12.5 Å². The van der Waals surface area contributed by atoms with Crippen LogP contribution in [-0.2, 0) is 6.18 Å². The Morgan fingerprint density at radius 2 is 2.06 bits per heavy atom. The normalized spacial score (nSPS) is 15.4. The topological polar surface area (TPSA) is 33.0 Å². The molecule has 1 aliphatic carbocycles. The van der Waals surface area contributed by atoms with E-state index in [1.807, 2.05) is 6.07 Å². The highest BCUT2D eigenvalue weighted by molar-refractivity contribution is 5.46. The van der Waals surface area contributed by atoms with E-state index in [1.165, 1.54) is 0 Å². The van der Waals surface area contributed by atoms with Crippen molar-refractivity contribution in [3.05, 3.63) is 29.3 Å². The smallest absolute Gasteiger partial charge is 0.416 e. The largest absolute Gasteiger partial charge is 0.492 e. The summed E-state index contributed by atoms with van der Waals surface area (Å²) in [5, 5.41) is 8.78. The molecule has 0 N–H and O–H groups in total. The average Bonchev–Trinajstić information content (AvgIpc) is 3.08. The molecule has 1 saturated carbocycles. The van der Waals surface area contributed by atoms with Gasteiger partial charge in [-0.25, -0.2) is 0 Å². The van der Waals surface area contributed by atoms with Gasteiger partial charge >= 0.3 is 6.18 Å². The van der Waals surface area contributed by atoms with E-state index in [9.17, 15) is 13.2 Å². The van der Waals surface area contributed by atoms with Crippen LogP contribution in [0.5, 0.6) is 5.75 Å². The SMILES string of the molecule is N#Cc1ccc(C(F)(F)F)cc1OCC1CC1. The highest BCUT2D eigenvalue weighted by atomic mass is 19.4. The first-order valence-electron chi connectivity index (χ1n) is 5.25. The predicted octanol–water partition coefficient (Wildman–Crippen LogP) is 3.37. The minimum Gasteiger partial charge on any atom is -0.492 e.